The SMILES string of the molecule is CCC(CC)C(=O)N[C@@H](CCN1CCC[C@@](F)(CCc2ccc3c(n2)NCCC3)C1)C(=O)O. The van der Waals surface area contributed by atoms with E-state index in [-0.39, 0.29) is 18.2 Å². The number of nitrogens with zero attached hydrogens (tertiary/aromatic N) is 2. The predicted molar refractivity (Wildman–Crippen MR) is 127 cm³/mol. The van der Waals surface area contributed by atoms with Crippen LogP contribution < -0.4 is 10.6 Å². The molecule has 0 bridgehead atoms. The third kappa shape index (κ3) is 7.13. The van der Waals surface area contributed by atoms with Crippen molar-refractivity contribution < 1.29 is 19.1 Å². The zero-order valence-corrected chi connectivity index (χ0v) is 20.0. The highest BCUT2D eigenvalue weighted by molar-refractivity contribution is 5.84. The Balaban J connectivity index is 1.51. The van der Waals surface area contributed by atoms with Gasteiger partial charge in [0, 0.05) is 31.2 Å². The Hall–Kier alpha value is -2.22. The molecule has 8 heteroatoms. The van der Waals surface area contributed by atoms with Crippen LogP contribution in [0.3, 0.4) is 0 Å². The molecule has 2 aliphatic heterocycles. The lowest BCUT2D eigenvalue weighted by molar-refractivity contribution is -0.142. The summed E-state index contributed by atoms with van der Waals surface area (Å²) in [5.41, 5.74) is 0.834. The van der Waals surface area contributed by atoms with Crippen molar-refractivity contribution in [2.75, 3.05) is 31.5 Å². The van der Waals surface area contributed by atoms with Crippen LogP contribution in [0, 0.1) is 5.92 Å². The minimum absolute atomic E-state index is 0.173. The third-order valence-electron chi connectivity index (χ3n) is 7.09. The lowest BCUT2D eigenvalue weighted by Crippen LogP contribution is -2.49. The summed E-state index contributed by atoms with van der Waals surface area (Å²) in [6, 6.07) is 3.17. The van der Waals surface area contributed by atoms with E-state index in [0.717, 1.165) is 43.9 Å². The number of hydrogen-bond donors (Lipinski definition) is 3. The molecule has 1 saturated heterocycles. The number of alkyl halides is 1. The maximum Gasteiger partial charge on any atom is 0.326 e. The second-order valence-electron chi connectivity index (χ2n) is 9.57. The summed E-state index contributed by atoms with van der Waals surface area (Å²) in [5, 5.41) is 15.6. The highest BCUT2D eigenvalue weighted by atomic mass is 19.1. The van der Waals surface area contributed by atoms with Crippen LogP contribution in [-0.4, -0.2) is 64.8 Å². The van der Waals surface area contributed by atoms with Gasteiger partial charge in [-0.05, 0) is 76.0 Å². The van der Waals surface area contributed by atoms with Crippen LogP contribution in [0.25, 0.3) is 0 Å². The van der Waals surface area contributed by atoms with Crippen molar-refractivity contribution in [1.82, 2.24) is 15.2 Å². The number of carboxylic acids is 1. The Bertz CT molecular complexity index is 817. The Labute approximate surface area is 196 Å². The fourth-order valence-corrected chi connectivity index (χ4v) is 4.95. The first-order valence-electron chi connectivity index (χ1n) is 12.5. The minimum Gasteiger partial charge on any atom is -0.480 e. The summed E-state index contributed by atoms with van der Waals surface area (Å²) in [6.07, 6.45) is 6.03. The van der Waals surface area contributed by atoms with E-state index < -0.39 is 17.7 Å². The van der Waals surface area contributed by atoms with Gasteiger partial charge in [0.05, 0.1) is 0 Å². The zero-order chi connectivity index (χ0) is 23.8. The van der Waals surface area contributed by atoms with Crippen LogP contribution in [0.15, 0.2) is 12.1 Å². The molecule has 1 aromatic heterocycles. The first-order valence-corrected chi connectivity index (χ1v) is 12.5. The number of aromatic nitrogens is 1. The third-order valence-corrected chi connectivity index (χ3v) is 7.09. The normalized spacial score (nSPS) is 21.8. The number of anilines is 1. The Morgan fingerprint density at radius 2 is 2.09 bits per heavy atom. The molecular formula is C25H39FN4O3. The van der Waals surface area contributed by atoms with E-state index in [1.807, 2.05) is 24.8 Å². The predicted octanol–water partition coefficient (Wildman–Crippen LogP) is 3.57. The number of hydrogen-bond acceptors (Lipinski definition) is 5. The summed E-state index contributed by atoms with van der Waals surface area (Å²) in [7, 11) is 0. The monoisotopic (exact) mass is 462 g/mol. The van der Waals surface area contributed by atoms with Crippen LogP contribution in [-0.2, 0) is 22.4 Å². The average molecular weight is 463 g/mol. The van der Waals surface area contributed by atoms with Gasteiger partial charge in [0.25, 0.3) is 0 Å². The summed E-state index contributed by atoms with van der Waals surface area (Å²) in [5.74, 6) is -0.484. The van der Waals surface area contributed by atoms with E-state index in [2.05, 4.69) is 21.7 Å². The van der Waals surface area contributed by atoms with Gasteiger partial charge in [-0.15, -0.1) is 0 Å². The molecule has 2 aliphatic rings. The molecule has 0 spiro atoms. The molecule has 0 aliphatic carbocycles. The molecule has 3 heterocycles. The number of fused-ring (bicyclic) bond motifs is 1. The number of nitrogens with one attached hydrogen (secondary N) is 2. The van der Waals surface area contributed by atoms with E-state index >= 15 is 4.39 Å². The van der Waals surface area contributed by atoms with Crippen molar-refractivity contribution in [2.24, 2.45) is 5.92 Å². The highest BCUT2D eigenvalue weighted by Gasteiger charge is 2.36. The molecule has 33 heavy (non-hydrogen) atoms. The Kier molecular flexibility index (Phi) is 9.06. The van der Waals surface area contributed by atoms with Gasteiger partial charge in [-0.3, -0.25) is 4.79 Å². The molecule has 1 fully saturated rings. The number of carbonyl (C=O) groups is 2. The van der Waals surface area contributed by atoms with Crippen molar-refractivity contribution in [3.8, 4) is 0 Å². The lowest BCUT2D eigenvalue weighted by Gasteiger charge is -2.38. The largest absolute Gasteiger partial charge is 0.480 e. The standard InChI is InChI=1S/C25H39FN4O3/c1-3-18(4-2)23(31)29-21(24(32)33)11-16-30-15-6-12-25(26,17-30)13-10-20-9-8-19-7-5-14-27-22(19)28-20/h8-9,18,21H,3-7,10-17H2,1-2H3,(H,27,28)(H,29,31)(H,32,33)/t21-,25+/m0/s1. The number of piperidine rings is 1. The fourth-order valence-electron chi connectivity index (χ4n) is 4.95. The molecule has 1 aromatic rings. The van der Waals surface area contributed by atoms with Gasteiger partial charge < -0.3 is 20.6 Å². The van der Waals surface area contributed by atoms with Crippen molar-refractivity contribution >= 4 is 17.7 Å². The number of rotatable bonds is 11. The number of pyridine rings is 1. The number of carbonyl (C=O) groups excluding carboxylic acids is 1. The molecule has 3 rings (SSSR count). The Morgan fingerprint density at radius 3 is 2.82 bits per heavy atom. The second kappa shape index (κ2) is 11.8. The van der Waals surface area contributed by atoms with Gasteiger partial charge in [-0.1, -0.05) is 19.9 Å². The van der Waals surface area contributed by atoms with E-state index in [9.17, 15) is 14.7 Å². The molecule has 7 nitrogen and oxygen atoms in total. The summed E-state index contributed by atoms with van der Waals surface area (Å²) < 4.78 is 15.7. The second-order valence-corrected chi connectivity index (χ2v) is 9.57. The summed E-state index contributed by atoms with van der Waals surface area (Å²) in [6.45, 7) is 6.28. The van der Waals surface area contributed by atoms with Gasteiger partial charge in [-0.2, -0.15) is 0 Å². The molecule has 3 N–H and O–H groups in total. The van der Waals surface area contributed by atoms with Crippen molar-refractivity contribution in [3.05, 3.63) is 23.4 Å². The molecular weight excluding hydrogens is 423 g/mol. The smallest absolute Gasteiger partial charge is 0.326 e. The molecule has 0 radical (unpaired) electrons. The van der Waals surface area contributed by atoms with Gasteiger partial charge in [0.1, 0.15) is 17.5 Å². The van der Waals surface area contributed by atoms with Crippen LogP contribution in [0.1, 0.15) is 70.1 Å². The van der Waals surface area contributed by atoms with E-state index in [1.54, 1.807) is 0 Å². The first-order chi connectivity index (χ1) is 15.8. The van der Waals surface area contributed by atoms with Crippen LogP contribution >= 0.6 is 0 Å². The highest BCUT2D eigenvalue weighted by Crippen LogP contribution is 2.31. The lowest BCUT2D eigenvalue weighted by atomic mass is 9.89. The number of carboxylic acid groups (broad SMARTS) is 1. The van der Waals surface area contributed by atoms with Crippen molar-refractivity contribution in [2.45, 2.75) is 83.3 Å². The van der Waals surface area contributed by atoms with Crippen LogP contribution in [0.2, 0.25) is 0 Å². The molecule has 2 atom stereocenters. The number of aryl methyl sites for hydroxylation is 2. The van der Waals surface area contributed by atoms with E-state index in [4.69, 9.17) is 0 Å². The van der Waals surface area contributed by atoms with Gasteiger partial charge >= 0.3 is 5.97 Å². The van der Waals surface area contributed by atoms with E-state index in [0.29, 0.717) is 45.2 Å². The first kappa shape index (κ1) is 25.4. The number of amides is 1. The Morgan fingerprint density at radius 1 is 1.30 bits per heavy atom. The van der Waals surface area contributed by atoms with E-state index in [1.165, 1.54) is 5.56 Å². The number of aliphatic carboxylic acids is 1. The van der Waals surface area contributed by atoms with Crippen LogP contribution in [0.4, 0.5) is 10.2 Å². The number of halogens is 1. The van der Waals surface area contributed by atoms with Crippen molar-refractivity contribution in [1.29, 1.82) is 0 Å². The van der Waals surface area contributed by atoms with Gasteiger partial charge in [0.15, 0.2) is 0 Å². The molecule has 0 saturated carbocycles. The maximum atomic E-state index is 15.7. The average Bonchev–Trinajstić information content (AvgIpc) is 2.81. The maximum absolute atomic E-state index is 15.7. The quantitative estimate of drug-likeness (QED) is 0.465. The minimum atomic E-state index is -1.30. The van der Waals surface area contributed by atoms with Gasteiger partial charge in [-0.25, -0.2) is 14.2 Å². The molecule has 0 unspecified atom stereocenters. The topological polar surface area (TPSA) is 94.6 Å². The summed E-state index contributed by atoms with van der Waals surface area (Å²) >= 11 is 0. The molecule has 1 amide bonds. The van der Waals surface area contributed by atoms with Crippen LogP contribution in [0.5, 0.6) is 0 Å². The van der Waals surface area contributed by atoms with Crippen molar-refractivity contribution in [3.63, 3.8) is 0 Å². The zero-order valence-electron chi connectivity index (χ0n) is 20.0. The fraction of sp³-hybridized carbons (Fsp3) is 0.720. The molecule has 184 valence electrons. The van der Waals surface area contributed by atoms with Gasteiger partial charge in [0.2, 0.25) is 5.91 Å². The molecule has 0 aromatic carbocycles. The number of likely N-dealkylation sites (tertiary alicyclic amines) is 1. The summed E-state index contributed by atoms with van der Waals surface area (Å²) in [4.78, 5) is 30.7.